The fourth-order valence-corrected chi connectivity index (χ4v) is 1.62. The fraction of sp³-hybridized carbons (Fsp3) is 0.900. The molecule has 0 heterocycles. The van der Waals surface area contributed by atoms with E-state index in [9.17, 15) is 4.79 Å². The lowest BCUT2D eigenvalue weighted by Gasteiger charge is -2.35. The first-order valence-electron chi connectivity index (χ1n) is 5.33. The van der Waals surface area contributed by atoms with Gasteiger partial charge in [0.05, 0.1) is 12.7 Å². The zero-order chi connectivity index (χ0) is 11.3. The van der Waals surface area contributed by atoms with Crippen LogP contribution in [-0.4, -0.2) is 44.4 Å². The minimum absolute atomic E-state index is 0.142. The average Bonchev–Trinajstić information content (AvgIpc) is 2.14. The zero-order valence-corrected chi connectivity index (χ0v) is 9.36. The summed E-state index contributed by atoms with van der Waals surface area (Å²) in [5.41, 5.74) is 5.58. The predicted molar refractivity (Wildman–Crippen MR) is 56.4 cm³/mol. The van der Waals surface area contributed by atoms with Gasteiger partial charge >= 0.3 is 0 Å². The summed E-state index contributed by atoms with van der Waals surface area (Å²) in [4.78, 5) is 11.4. The molecule has 0 aliphatic heterocycles. The van der Waals surface area contributed by atoms with Crippen LogP contribution in [-0.2, 0) is 14.3 Å². The smallest absolute Gasteiger partial charge is 0.239 e. The van der Waals surface area contributed by atoms with Gasteiger partial charge in [-0.3, -0.25) is 4.79 Å². The van der Waals surface area contributed by atoms with Gasteiger partial charge in [0.1, 0.15) is 6.04 Å². The number of hydrogen-bond acceptors (Lipinski definition) is 4. The van der Waals surface area contributed by atoms with Crippen molar-refractivity contribution in [1.82, 2.24) is 5.32 Å². The SMILES string of the molecule is CCOC1CC(NC(=O)C(N)COC)C1. The lowest BCUT2D eigenvalue weighted by atomic mass is 9.89. The molecular formula is C10H20N2O3. The molecule has 0 bridgehead atoms. The van der Waals surface area contributed by atoms with E-state index in [4.69, 9.17) is 15.2 Å². The van der Waals surface area contributed by atoms with Gasteiger partial charge in [0, 0.05) is 19.8 Å². The van der Waals surface area contributed by atoms with E-state index in [0.29, 0.717) is 6.10 Å². The number of ether oxygens (including phenoxy) is 2. The first kappa shape index (κ1) is 12.4. The van der Waals surface area contributed by atoms with Gasteiger partial charge in [-0.1, -0.05) is 0 Å². The number of rotatable bonds is 6. The molecule has 1 rings (SSSR count). The highest BCUT2D eigenvalue weighted by Crippen LogP contribution is 2.23. The van der Waals surface area contributed by atoms with Crippen molar-refractivity contribution in [3.63, 3.8) is 0 Å². The summed E-state index contributed by atoms with van der Waals surface area (Å²) in [5.74, 6) is -0.142. The molecule has 0 saturated heterocycles. The highest BCUT2D eigenvalue weighted by Gasteiger charge is 2.31. The van der Waals surface area contributed by atoms with Gasteiger partial charge in [0.15, 0.2) is 0 Å². The molecule has 5 heteroatoms. The molecule has 0 radical (unpaired) electrons. The van der Waals surface area contributed by atoms with Gasteiger partial charge in [-0.15, -0.1) is 0 Å². The summed E-state index contributed by atoms with van der Waals surface area (Å²) in [6.45, 7) is 2.96. The maximum Gasteiger partial charge on any atom is 0.239 e. The molecule has 1 saturated carbocycles. The first-order valence-corrected chi connectivity index (χ1v) is 5.33. The summed E-state index contributed by atoms with van der Waals surface area (Å²) >= 11 is 0. The van der Waals surface area contributed by atoms with Gasteiger partial charge in [-0.05, 0) is 19.8 Å². The van der Waals surface area contributed by atoms with Crippen molar-refractivity contribution < 1.29 is 14.3 Å². The molecule has 5 nitrogen and oxygen atoms in total. The molecule has 1 fully saturated rings. The summed E-state index contributed by atoms with van der Waals surface area (Å²) in [6.07, 6.45) is 2.08. The molecule has 88 valence electrons. The van der Waals surface area contributed by atoms with Crippen molar-refractivity contribution >= 4 is 5.91 Å². The van der Waals surface area contributed by atoms with E-state index >= 15 is 0 Å². The van der Waals surface area contributed by atoms with Crippen LogP contribution in [0.15, 0.2) is 0 Å². The van der Waals surface area contributed by atoms with Crippen LogP contribution in [0, 0.1) is 0 Å². The monoisotopic (exact) mass is 216 g/mol. The van der Waals surface area contributed by atoms with Crippen molar-refractivity contribution in [1.29, 1.82) is 0 Å². The molecule has 3 N–H and O–H groups in total. The Kier molecular flexibility index (Phi) is 5.01. The molecule has 1 unspecified atom stereocenters. The highest BCUT2D eigenvalue weighted by atomic mass is 16.5. The Morgan fingerprint density at radius 3 is 2.80 bits per heavy atom. The van der Waals surface area contributed by atoms with E-state index in [2.05, 4.69) is 5.32 Å². The molecule has 1 amide bonds. The Bertz CT molecular complexity index is 205. The van der Waals surface area contributed by atoms with Crippen molar-refractivity contribution in [2.24, 2.45) is 5.73 Å². The maximum atomic E-state index is 11.4. The quantitative estimate of drug-likeness (QED) is 0.636. The normalized spacial score (nSPS) is 26.9. The standard InChI is InChI=1S/C10H20N2O3/c1-3-15-8-4-7(5-8)12-10(13)9(11)6-14-2/h7-9H,3-6,11H2,1-2H3,(H,12,13). The lowest BCUT2D eigenvalue weighted by molar-refractivity contribution is -0.126. The van der Waals surface area contributed by atoms with Crippen LogP contribution in [0.25, 0.3) is 0 Å². The van der Waals surface area contributed by atoms with Crippen LogP contribution in [0.3, 0.4) is 0 Å². The number of amides is 1. The third kappa shape index (κ3) is 3.77. The van der Waals surface area contributed by atoms with Crippen molar-refractivity contribution in [2.75, 3.05) is 20.3 Å². The highest BCUT2D eigenvalue weighted by molar-refractivity contribution is 5.82. The Morgan fingerprint density at radius 2 is 2.27 bits per heavy atom. The molecule has 0 aromatic rings. The molecule has 0 aromatic heterocycles. The average molecular weight is 216 g/mol. The second-order valence-corrected chi connectivity index (χ2v) is 3.82. The Hall–Kier alpha value is -0.650. The largest absolute Gasteiger partial charge is 0.383 e. The minimum Gasteiger partial charge on any atom is -0.383 e. The van der Waals surface area contributed by atoms with Crippen LogP contribution in [0.2, 0.25) is 0 Å². The molecule has 0 aromatic carbocycles. The summed E-state index contributed by atoms with van der Waals surface area (Å²) in [5, 5.41) is 2.87. The van der Waals surface area contributed by atoms with Gasteiger partial charge in [0.2, 0.25) is 5.91 Å². The summed E-state index contributed by atoms with van der Waals surface area (Å²) in [7, 11) is 1.53. The predicted octanol–water partition coefficient (Wildman–Crippen LogP) is -0.356. The number of carbonyl (C=O) groups excluding carboxylic acids is 1. The number of nitrogens with one attached hydrogen (secondary N) is 1. The van der Waals surface area contributed by atoms with E-state index in [-0.39, 0.29) is 18.6 Å². The van der Waals surface area contributed by atoms with Crippen molar-refractivity contribution in [3.05, 3.63) is 0 Å². The minimum atomic E-state index is -0.568. The van der Waals surface area contributed by atoms with Gasteiger partial charge in [-0.2, -0.15) is 0 Å². The molecule has 15 heavy (non-hydrogen) atoms. The van der Waals surface area contributed by atoms with Crippen molar-refractivity contribution in [3.8, 4) is 0 Å². The van der Waals surface area contributed by atoms with Crippen LogP contribution >= 0.6 is 0 Å². The lowest BCUT2D eigenvalue weighted by Crippen LogP contribution is -2.53. The Balaban J connectivity index is 2.13. The fourth-order valence-electron chi connectivity index (χ4n) is 1.62. The van der Waals surface area contributed by atoms with E-state index in [0.717, 1.165) is 19.4 Å². The number of hydrogen-bond donors (Lipinski definition) is 2. The molecule has 1 atom stereocenters. The van der Waals surface area contributed by atoms with Crippen LogP contribution in [0.5, 0.6) is 0 Å². The summed E-state index contributed by atoms with van der Waals surface area (Å²) < 4.78 is 10.2. The van der Waals surface area contributed by atoms with Crippen LogP contribution in [0.4, 0.5) is 0 Å². The second-order valence-electron chi connectivity index (χ2n) is 3.82. The Morgan fingerprint density at radius 1 is 1.60 bits per heavy atom. The third-order valence-electron chi connectivity index (χ3n) is 2.53. The van der Waals surface area contributed by atoms with E-state index in [1.165, 1.54) is 7.11 Å². The van der Waals surface area contributed by atoms with E-state index in [1.54, 1.807) is 0 Å². The molecule has 1 aliphatic rings. The third-order valence-corrected chi connectivity index (χ3v) is 2.53. The zero-order valence-electron chi connectivity index (χ0n) is 9.36. The van der Waals surface area contributed by atoms with E-state index in [1.807, 2.05) is 6.92 Å². The van der Waals surface area contributed by atoms with Crippen molar-refractivity contribution in [2.45, 2.75) is 38.0 Å². The number of carbonyl (C=O) groups is 1. The second kappa shape index (κ2) is 6.05. The topological polar surface area (TPSA) is 73.6 Å². The van der Waals surface area contributed by atoms with Gasteiger partial charge in [-0.25, -0.2) is 0 Å². The Labute approximate surface area is 90.3 Å². The molecule has 1 aliphatic carbocycles. The molecular weight excluding hydrogens is 196 g/mol. The summed E-state index contributed by atoms with van der Waals surface area (Å²) in [6, 6.07) is -0.349. The van der Waals surface area contributed by atoms with Gasteiger partial charge in [0.25, 0.3) is 0 Å². The maximum absolute atomic E-state index is 11.4. The number of nitrogens with two attached hydrogens (primary N) is 1. The van der Waals surface area contributed by atoms with Crippen LogP contribution in [0.1, 0.15) is 19.8 Å². The van der Waals surface area contributed by atoms with Crippen LogP contribution < -0.4 is 11.1 Å². The van der Waals surface area contributed by atoms with Gasteiger partial charge < -0.3 is 20.5 Å². The number of methoxy groups -OCH3 is 1. The molecule has 0 spiro atoms. The first-order chi connectivity index (χ1) is 7.17. The van der Waals surface area contributed by atoms with E-state index < -0.39 is 6.04 Å².